The van der Waals surface area contributed by atoms with E-state index in [2.05, 4.69) is 16.0 Å². The Kier molecular flexibility index (Phi) is 5.25. The van der Waals surface area contributed by atoms with Gasteiger partial charge in [-0.15, -0.1) is 0 Å². The summed E-state index contributed by atoms with van der Waals surface area (Å²) >= 11 is 0. The SMILES string of the molecule is COc1ccc(C2=C(Oc3ccc(C(=O)C4Nc5ccccc5N4)cc3)NCC=C2)cc1. The van der Waals surface area contributed by atoms with Crippen molar-refractivity contribution in [3.05, 3.63) is 102 Å². The number of allylic oxidation sites excluding steroid dienone is 2. The maximum atomic E-state index is 12.9. The molecule has 32 heavy (non-hydrogen) atoms. The third kappa shape index (κ3) is 3.90. The van der Waals surface area contributed by atoms with Crippen LogP contribution in [0.25, 0.3) is 5.57 Å². The second-order valence-corrected chi connectivity index (χ2v) is 7.51. The predicted molar refractivity (Wildman–Crippen MR) is 126 cm³/mol. The van der Waals surface area contributed by atoms with Crippen LogP contribution in [0.2, 0.25) is 0 Å². The molecule has 6 nitrogen and oxygen atoms in total. The third-order valence-electron chi connectivity index (χ3n) is 5.46. The topological polar surface area (TPSA) is 71.6 Å². The van der Waals surface area contributed by atoms with Gasteiger partial charge in [-0.2, -0.15) is 0 Å². The normalized spacial score (nSPS) is 14.8. The first kappa shape index (κ1) is 19.8. The highest BCUT2D eigenvalue weighted by Gasteiger charge is 2.26. The summed E-state index contributed by atoms with van der Waals surface area (Å²) in [6.45, 7) is 0.686. The molecule has 0 unspecified atom stereocenters. The zero-order chi connectivity index (χ0) is 21.9. The smallest absolute Gasteiger partial charge is 0.205 e. The molecule has 0 spiro atoms. The summed E-state index contributed by atoms with van der Waals surface area (Å²) in [5.74, 6) is 2.11. The fourth-order valence-corrected chi connectivity index (χ4v) is 3.77. The molecule has 2 heterocycles. The summed E-state index contributed by atoms with van der Waals surface area (Å²) in [5.41, 5.74) is 4.45. The van der Waals surface area contributed by atoms with E-state index in [1.54, 1.807) is 19.2 Å². The number of benzene rings is 3. The lowest BCUT2D eigenvalue weighted by Gasteiger charge is -2.19. The van der Waals surface area contributed by atoms with E-state index in [4.69, 9.17) is 9.47 Å². The van der Waals surface area contributed by atoms with Crippen molar-refractivity contribution in [3.63, 3.8) is 0 Å². The Morgan fingerprint density at radius 1 is 0.875 bits per heavy atom. The number of dihydropyridines is 1. The number of fused-ring (bicyclic) bond motifs is 1. The third-order valence-corrected chi connectivity index (χ3v) is 5.46. The molecule has 2 aliphatic rings. The van der Waals surface area contributed by atoms with Gasteiger partial charge in [0.2, 0.25) is 11.7 Å². The number of ketones is 1. The summed E-state index contributed by atoms with van der Waals surface area (Å²) in [7, 11) is 1.65. The van der Waals surface area contributed by atoms with Gasteiger partial charge in [-0.05, 0) is 54.1 Å². The number of hydrogen-bond acceptors (Lipinski definition) is 6. The van der Waals surface area contributed by atoms with Crippen LogP contribution in [-0.2, 0) is 0 Å². The van der Waals surface area contributed by atoms with Gasteiger partial charge in [0.05, 0.1) is 18.5 Å². The molecule has 160 valence electrons. The molecule has 0 saturated carbocycles. The molecule has 6 heteroatoms. The van der Waals surface area contributed by atoms with E-state index in [1.807, 2.05) is 72.8 Å². The monoisotopic (exact) mass is 425 g/mol. The van der Waals surface area contributed by atoms with E-state index < -0.39 is 6.17 Å². The van der Waals surface area contributed by atoms with E-state index in [-0.39, 0.29) is 5.78 Å². The molecule has 3 aromatic carbocycles. The van der Waals surface area contributed by atoms with Crippen molar-refractivity contribution < 1.29 is 14.3 Å². The van der Waals surface area contributed by atoms with Crippen LogP contribution in [0.4, 0.5) is 11.4 Å². The average Bonchev–Trinajstić information content (AvgIpc) is 3.29. The second-order valence-electron chi connectivity index (χ2n) is 7.51. The van der Waals surface area contributed by atoms with Gasteiger partial charge in [0.1, 0.15) is 11.5 Å². The highest BCUT2D eigenvalue weighted by atomic mass is 16.5. The minimum Gasteiger partial charge on any atom is -0.497 e. The number of carbonyl (C=O) groups is 1. The van der Waals surface area contributed by atoms with E-state index in [0.29, 0.717) is 23.7 Å². The highest BCUT2D eigenvalue weighted by Crippen LogP contribution is 2.30. The first-order valence-corrected chi connectivity index (χ1v) is 10.4. The molecule has 0 aliphatic carbocycles. The van der Waals surface area contributed by atoms with Gasteiger partial charge in [0.25, 0.3) is 0 Å². The number of carbonyl (C=O) groups excluding carboxylic acids is 1. The van der Waals surface area contributed by atoms with Gasteiger partial charge < -0.3 is 25.4 Å². The maximum Gasteiger partial charge on any atom is 0.205 e. The Morgan fingerprint density at radius 2 is 1.53 bits per heavy atom. The predicted octanol–water partition coefficient (Wildman–Crippen LogP) is 4.65. The number of nitrogens with one attached hydrogen (secondary N) is 3. The van der Waals surface area contributed by atoms with Gasteiger partial charge in [-0.25, -0.2) is 0 Å². The highest BCUT2D eigenvalue weighted by molar-refractivity contribution is 6.05. The lowest BCUT2D eigenvalue weighted by atomic mass is 10.0. The van der Waals surface area contributed by atoms with Crippen molar-refractivity contribution in [1.29, 1.82) is 0 Å². The molecule has 5 rings (SSSR count). The van der Waals surface area contributed by atoms with Crippen molar-refractivity contribution >= 4 is 22.7 Å². The molecule has 2 aliphatic heterocycles. The number of para-hydroxylation sites is 2. The number of rotatable bonds is 6. The fourth-order valence-electron chi connectivity index (χ4n) is 3.77. The zero-order valence-electron chi connectivity index (χ0n) is 17.6. The average molecular weight is 425 g/mol. The van der Waals surface area contributed by atoms with Gasteiger partial charge in [0.15, 0.2) is 6.17 Å². The minimum atomic E-state index is -0.478. The van der Waals surface area contributed by atoms with E-state index in [0.717, 1.165) is 28.3 Å². The molecular weight excluding hydrogens is 402 g/mol. The van der Waals surface area contributed by atoms with Crippen LogP contribution < -0.4 is 25.4 Å². The Bertz CT molecular complexity index is 1170. The Balaban J connectivity index is 1.32. The van der Waals surface area contributed by atoms with E-state index >= 15 is 0 Å². The standard InChI is InChI=1S/C26H23N3O3/c1-31-19-12-8-17(9-13-19)21-5-4-16-27-26(21)32-20-14-10-18(11-15-20)24(30)25-28-22-6-2-3-7-23(22)29-25/h2-15,25,27-29H,16H2,1H3. The first-order valence-electron chi connectivity index (χ1n) is 10.4. The Hall–Kier alpha value is -4.19. The lowest BCUT2D eigenvalue weighted by molar-refractivity contribution is 0.0980. The maximum absolute atomic E-state index is 12.9. The van der Waals surface area contributed by atoms with Crippen LogP contribution in [0.3, 0.4) is 0 Å². The van der Waals surface area contributed by atoms with E-state index in [1.165, 1.54) is 0 Å². The van der Waals surface area contributed by atoms with Gasteiger partial charge in [-0.1, -0.05) is 36.4 Å². The molecule has 0 bridgehead atoms. The number of Topliss-reactive ketones (excluding diaryl/α,β-unsaturated/α-hetero) is 1. The molecule has 3 N–H and O–H groups in total. The molecule has 0 radical (unpaired) electrons. The number of anilines is 2. The molecule has 3 aromatic rings. The van der Waals surface area contributed by atoms with Gasteiger partial charge in [0, 0.05) is 17.7 Å². The first-order chi connectivity index (χ1) is 15.7. The quantitative estimate of drug-likeness (QED) is 0.500. The van der Waals surface area contributed by atoms with Crippen molar-refractivity contribution in [2.75, 3.05) is 24.3 Å². The molecule has 0 aromatic heterocycles. The summed E-state index contributed by atoms with van der Waals surface area (Å²) < 4.78 is 11.4. The molecule has 0 fully saturated rings. The van der Waals surface area contributed by atoms with Crippen LogP contribution >= 0.6 is 0 Å². The number of ether oxygens (including phenoxy) is 2. The summed E-state index contributed by atoms with van der Waals surface area (Å²) in [6, 6.07) is 22.8. The Labute approximate surface area is 186 Å². The molecule has 0 amide bonds. The summed E-state index contributed by atoms with van der Waals surface area (Å²) in [5, 5.41) is 9.73. The molecule has 0 saturated heterocycles. The van der Waals surface area contributed by atoms with Crippen LogP contribution in [0.1, 0.15) is 15.9 Å². The van der Waals surface area contributed by atoms with Gasteiger partial charge in [-0.3, -0.25) is 4.79 Å². The van der Waals surface area contributed by atoms with Gasteiger partial charge >= 0.3 is 0 Å². The van der Waals surface area contributed by atoms with Crippen LogP contribution in [0.15, 0.2) is 90.8 Å². The molecular formula is C26H23N3O3. The Morgan fingerprint density at radius 3 is 2.19 bits per heavy atom. The number of methoxy groups -OCH3 is 1. The van der Waals surface area contributed by atoms with Crippen molar-refractivity contribution in [1.82, 2.24) is 5.32 Å². The molecule has 0 atom stereocenters. The van der Waals surface area contributed by atoms with Crippen molar-refractivity contribution in [3.8, 4) is 11.5 Å². The summed E-state index contributed by atoms with van der Waals surface area (Å²) in [4.78, 5) is 12.9. The largest absolute Gasteiger partial charge is 0.497 e. The van der Waals surface area contributed by atoms with Crippen LogP contribution in [0, 0.1) is 0 Å². The van der Waals surface area contributed by atoms with Crippen molar-refractivity contribution in [2.45, 2.75) is 6.17 Å². The lowest BCUT2D eigenvalue weighted by Crippen LogP contribution is -2.32. The minimum absolute atomic E-state index is 0.0235. The fraction of sp³-hybridized carbons (Fsp3) is 0.115. The second kappa shape index (κ2) is 8.51. The zero-order valence-corrected chi connectivity index (χ0v) is 17.6. The van der Waals surface area contributed by atoms with Crippen molar-refractivity contribution in [2.24, 2.45) is 0 Å². The summed E-state index contributed by atoms with van der Waals surface area (Å²) in [6.07, 6.45) is 3.61. The van der Waals surface area contributed by atoms with Crippen LogP contribution in [-0.4, -0.2) is 25.6 Å². The number of hydrogen-bond donors (Lipinski definition) is 3. The van der Waals surface area contributed by atoms with Crippen LogP contribution in [0.5, 0.6) is 11.5 Å². The van der Waals surface area contributed by atoms with E-state index in [9.17, 15) is 4.79 Å².